The molecule has 0 spiro atoms. The molecule has 1 unspecified atom stereocenters. The molecule has 1 N–H and O–H groups in total. The lowest BCUT2D eigenvalue weighted by atomic mass is 10.1. The molecule has 82 valence electrons. The minimum absolute atomic E-state index is 0.191. The van der Waals surface area contributed by atoms with E-state index in [9.17, 15) is 9.90 Å². The van der Waals surface area contributed by atoms with Crippen LogP contribution in [0.25, 0.3) is 0 Å². The first-order chi connectivity index (χ1) is 7.06. The molecule has 0 amide bonds. The molecular formula is C9H12N2O3S. The number of aromatic nitrogens is 2. The average molecular weight is 228 g/mol. The van der Waals surface area contributed by atoms with E-state index in [1.165, 1.54) is 32.1 Å². The number of rotatable bonds is 4. The first kappa shape index (κ1) is 11.9. The highest BCUT2D eigenvalue weighted by Gasteiger charge is 2.31. The van der Waals surface area contributed by atoms with E-state index in [0.717, 1.165) is 0 Å². The Bertz CT molecular complexity index is 329. The number of nitrogens with zero attached hydrogens (tertiary/aromatic N) is 2. The summed E-state index contributed by atoms with van der Waals surface area (Å²) in [6.45, 7) is 1.41. The van der Waals surface area contributed by atoms with Gasteiger partial charge in [0, 0.05) is 11.9 Å². The third-order valence-electron chi connectivity index (χ3n) is 1.68. The average Bonchev–Trinajstić information content (AvgIpc) is 2.27. The van der Waals surface area contributed by atoms with Crippen molar-refractivity contribution in [1.82, 2.24) is 9.97 Å². The predicted molar refractivity (Wildman–Crippen MR) is 55.4 cm³/mol. The molecule has 0 aliphatic carbocycles. The zero-order valence-corrected chi connectivity index (χ0v) is 9.32. The Labute approximate surface area is 91.9 Å². The fourth-order valence-corrected chi connectivity index (χ4v) is 1.68. The smallest absolute Gasteiger partial charge is 0.338 e. The van der Waals surface area contributed by atoms with Gasteiger partial charge in [0.05, 0.1) is 12.1 Å². The molecule has 1 aromatic heterocycles. The summed E-state index contributed by atoms with van der Waals surface area (Å²) in [5, 5.41) is 10.4. The van der Waals surface area contributed by atoms with Crippen LogP contribution in [0.15, 0.2) is 23.6 Å². The highest BCUT2D eigenvalue weighted by atomic mass is 32.2. The van der Waals surface area contributed by atoms with Gasteiger partial charge in [-0.25, -0.2) is 14.8 Å². The molecule has 15 heavy (non-hydrogen) atoms. The van der Waals surface area contributed by atoms with Gasteiger partial charge >= 0.3 is 5.97 Å². The molecule has 0 aliphatic rings. The molecule has 0 bridgehead atoms. The van der Waals surface area contributed by atoms with Crippen LogP contribution in [0.1, 0.15) is 6.92 Å². The fourth-order valence-electron chi connectivity index (χ4n) is 0.857. The van der Waals surface area contributed by atoms with Crippen molar-refractivity contribution in [3.63, 3.8) is 0 Å². The van der Waals surface area contributed by atoms with E-state index >= 15 is 0 Å². The van der Waals surface area contributed by atoms with Crippen molar-refractivity contribution in [1.29, 1.82) is 0 Å². The van der Waals surface area contributed by atoms with E-state index in [0.29, 0.717) is 5.03 Å². The van der Waals surface area contributed by atoms with Gasteiger partial charge < -0.3 is 9.84 Å². The monoisotopic (exact) mass is 228 g/mol. The normalized spacial score (nSPS) is 14.3. The fraction of sp³-hybridized carbons (Fsp3) is 0.444. The molecule has 0 saturated heterocycles. The Morgan fingerprint density at radius 3 is 3.00 bits per heavy atom. The summed E-state index contributed by atoms with van der Waals surface area (Å²) in [6, 6.07) is 1.71. The standard InChI is InChI=1S/C9H12N2O3S/c1-9(13,8(12)14-2)5-15-7-3-4-10-6-11-7/h3-4,6,13H,5H2,1-2H3. The maximum atomic E-state index is 11.1. The first-order valence-electron chi connectivity index (χ1n) is 4.26. The van der Waals surface area contributed by atoms with Crippen molar-refractivity contribution >= 4 is 17.7 Å². The van der Waals surface area contributed by atoms with E-state index in [1.54, 1.807) is 12.3 Å². The van der Waals surface area contributed by atoms with E-state index in [4.69, 9.17) is 0 Å². The molecule has 0 fully saturated rings. The van der Waals surface area contributed by atoms with Crippen LogP contribution in [0, 0.1) is 0 Å². The highest BCUT2D eigenvalue weighted by Crippen LogP contribution is 2.20. The largest absolute Gasteiger partial charge is 0.467 e. The number of hydrogen-bond donors (Lipinski definition) is 1. The minimum Gasteiger partial charge on any atom is -0.467 e. The zero-order valence-electron chi connectivity index (χ0n) is 8.51. The number of carbonyl (C=O) groups excluding carboxylic acids is 1. The summed E-state index contributed by atoms with van der Waals surface area (Å²) in [4.78, 5) is 18.9. The Morgan fingerprint density at radius 2 is 2.47 bits per heavy atom. The number of esters is 1. The van der Waals surface area contributed by atoms with Gasteiger partial charge in [-0.15, -0.1) is 11.8 Å². The van der Waals surface area contributed by atoms with Crippen LogP contribution in [0.5, 0.6) is 0 Å². The molecule has 0 saturated carbocycles. The second-order valence-electron chi connectivity index (χ2n) is 3.10. The van der Waals surface area contributed by atoms with E-state index in [1.807, 2.05) is 0 Å². The van der Waals surface area contributed by atoms with Crippen molar-refractivity contribution in [3.8, 4) is 0 Å². The van der Waals surface area contributed by atoms with Crippen molar-refractivity contribution in [2.24, 2.45) is 0 Å². The summed E-state index contributed by atoms with van der Waals surface area (Å²) in [6.07, 6.45) is 3.01. The number of aliphatic hydroxyl groups is 1. The number of methoxy groups -OCH3 is 1. The zero-order chi connectivity index (χ0) is 11.3. The van der Waals surface area contributed by atoms with Crippen LogP contribution < -0.4 is 0 Å². The van der Waals surface area contributed by atoms with Crippen LogP contribution >= 0.6 is 11.8 Å². The number of carbonyl (C=O) groups is 1. The molecule has 5 nitrogen and oxygen atoms in total. The lowest BCUT2D eigenvalue weighted by molar-refractivity contribution is -0.158. The summed E-state index contributed by atoms with van der Waals surface area (Å²) in [7, 11) is 1.24. The molecule has 6 heteroatoms. The van der Waals surface area contributed by atoms with Crippen LogP contribution in [-0.2, 0) is 9.53 Å². The van der Waals surface area contributed by atoms with E-state index in [2.05, 4.69) is 14.7 Å². The summed E-state index contributed by atoms with van der Waals surface area (Å²) in [5.41, 5.74) is -1.50. The second-order valence-corrected chi connectivity index (χ2v) is 4.10. The van der Waals surface area contributed by atoms with Crippen LogP contribution in [0.2, 0.25) is 0 Å². The summed E-state index contributed by atoms with van der Waals surface area (Å²) < 4.78 is 4.47. The molecule has 1 heterocycles. The quantitative estimate of drug-likeness (QED) is 0.459. The van der Waals surface area contributed by atoms with Gasteiger partial charge in [-0.05, 0) is 13.0 Å². The van der Waals surface area contributed by atoms with Crippen molar-refractivity contribution in [2.75, 3.05) is 12.9 Å². The lowest BCUT2D eigenvalue weighted by Gasteiger charge is -2.18. The van der Waals surface area contributed by atoms with E-state index in [-0.39, 0.29) is 5.75 Å². The minimum atomic E-state index is -1.50. The molecule has 0 radical (unpaired) electrons. The summed E-state index contributed by atoms with van der Waals surface area (Å²) >= 11 is 1.27. The van der Waals surface area contributed by atoms with Gasteiger partial charge in [0.2, 0.25) is 0 Å². The maximum absolute atomic E-state index is 11.1. The van der Waals surface area contributed by atoms with Gasteiger partial charge in [0.15, 0.2) is 5.60 Å². The predicted octanol–water partition coefficient (Wildman–Crippen LogP) is 0.493. The molecule has 0 aliphatic heterocycles. The topological polar surface area (TPSA) is 72.3 Å². The van der Waals surface area contributed by atoms with Crippen LogP contribution in [0.4, 0.5) is 0 Å². The third kappa shape index (κ3) is 3.49. The molecule has 1 atom stereocenters. The van der Waals surface area contributed by atoms with Gasteiger partial charge in [0.1, 0.15) is 6.33 Å². The molecule has 1 rings (SSSR count). The Hall–Kier alpha value is -1.14. The van der Waals surface area contributed by atoms with Crippen LogP contribution in [-0.4, -0.2) is 39.5 Å². The van der Waals surface area contributed by atoms with Crippen molar-refractivity contribution in [2.45, 2.75) is 17.6 Å². The number of ether oxygens (including phenoxy) is 1. The number of thioether (sulfide) groups is 1. The summed E-state index contributed by atoms with van der Waals surface area (Å²) in [5.74, 6) is -0.458. The second kappa shape index (κ2) is 5.09. The Kier molecular flexibility index (Phi) is 4.05. The van der Waals surface area contributed by atoms with E-state index < -0.39 is 11.6 Å². The number of hydrogen-bond acceptors (Lipinski definition) is 6. The SMILES string of the molecule is COC(=O)C(C)(O)CSc1ccncn1. The molecule has 0 aromatic carbocycles. The molecular weight excluding hydrogens is 216 g/mol. The van der Waals surface area contributed by atoms with Crippen molar-refractivity contribution < 1.29 is 14.6 Å². The van der Waals surface area contributed by atoms with Gasteiger partial charge in [-0.2, -0.15) is 0 Å². The molecule has 1 aromatic rings. The first-order valence-corrected chi connectivity index (χ1v) is 5.24. The van der Waals surface area contributed by atoms with Gasteiger partial charge in [-0.1, -0.05) is 0 Å². The Morgan fingerprint density at radius 1 is 1.73 bits per heavy atom. The maximum Gasteiger partial charge on any atom is 0.338 e. The third-order valence-corrected chi connectivity index (χ3v) is 2.92. The highest BCUT2D eigenvalue weighted by molar-refractivity contribution is 7.99. The van der Waals surface area contributed by atoms with Gasteiger partial charge in [0.25, 0.3) is 0 Å². The Balaban J connectivity index is 2.53. The lowest BCUT2D eigenvalue weighted by Crippen LogP contribution is -2.38. The van der Waals surface area contributed by atoms with Crippen LogP contribution in [0.3, 0.4) is 0 Å². The van der Waals surface area contributed by atoms with Crippen molar-refractivity contribution in [3.05, 3.63) is 18.6 Å². The van der Waals surface area contributed by atoms with Gasteiger partial charge in [-0.3, -0.25) is 0 Å².